The fourth-order valence-corrected chi connectivity index (χ4v) is 3.33. The molecule has 6 heteroatoms. The molecule has 2 aliphatic rings. The molecule has 5 nitrogen and oxygen atoms in total. The summed E-state index contributed by atoms with van der Waals surface area (Å²) < 4.78 is 1.78. The van der Waals surface area contributed by atoms with E-state index in [0.29, 0.717) is 6.42 Å². The van der Waals surface area contributed by atoms with Crippen molar-refractivity contribution in [2.45, 2.75) is 19.4 Å². The molecule has 0 radical (unpaired) electrons. The monoisotopic (exact) mass is 250 g/mol. The lowest BCUT2D eigenvalue weighted by Gasteiger charge is -2.24. The summed E-state index contributed by atoms with van der Waals surface area (Å²) in [7, 11) is 1.89. The summed E-state index contributed by atoms with van der Waals surface area (Å²) in [5.74, 6) is 1.15. The Balaban J connectivity index is 1.97. The van der Waals surface area contributed by atoms with Gasteiger partial charge < -0.3 is 0 Å². The van der Waals surface area contributed by atoms with Crippen molar-refractivity contribution in [3.8, 4) is 0 Å². The largest absolute Gasteiger partial charge is 0.291 e. The van der Waals surface area contributed by atoms with E-state index in [9.17, 15) is 4.79 Å². The summed E-state index contributed by atoms with van der Waals surface area (Å²) in [6.07, 6.45) is 2.43. The van der Waals surface area contributed by atoms with Crippen molar-refractivity contribution >= 4 is 22.8 Å². The van der Waals surface area contributed by atoms with Gasteiger partial charge >= 0.3 is 0 Å². The smallest absolute Gasteiger partial charge is 0.231 e. The van der Waals surface area contributed by atoms with Crippen LogP contribution in [0.5, 0.6) is 0 Å². The van der Waals surface area contributed by atoms with Gasteiger partial charge in [0.25, 0.3) is 0 Å². The molecule has 1 atom stereocenters. The quantitative estimate of drug-likeness (QED) is 0.750. The summed E-state index contributed by atoms with van der Waals surface area (Å²) in [5.41, 5.74) is 2.03. The molecule has 0 unspecified atom stereocenters. The molecule has 3 rings (SSSR count). The topological polar surface area (TPSA) is 50.5 Å². The van der Waals surface area contributed by atoms with Gasteiger partial charge in [-0.15, -0.1) is 0 Å². The summed E-state index contributed by atoms with van der Waals surface area (Å²) in [6.45, 7) is 2.77. The van der Waals surface area contributed by atoms with Gasteiger partial charge in [-0.1, -0.05) is 11.8 Å². The van der Waals surface area contributed by atoms with E-state index in [1.165, 1.54) is 0 Å². The molecule has 0 spiro atoms. The lowest BCUT2D eigenvalue weighted by atomic mass is 10.0. The van der Waals surface area contributed by atoms with Gasteiger partial charge in [-0.25, -0.2) is 0 Å². The molecule has 3 heterocycles. The number of thioether (sulfide) groups is 1. The highest BCUT2D eigenvalue weighted by atomic mass is 32.2. The van der Waals surface area contributed by atoms with E-state index in [0.717, 1.165) is 28.7 Å². The van der Waals surface area contributed by atoms with Crippen LogP contribution in [0.25, 0.3) is 0 Å². The van der Waals surface area contributed by atoms with Crippen molar-refractivity contribution in [3.63, 3.8) is 0 Å². The Morgan fingerprint density at radius 3 is 3.06 bits per heavy atom. The Morgan fingerprint density at radius 2 is 2.35 bits per heavy atom. The first-order chi connectivity index (χ1) is 8.15. The molecule has 1 saturated heterocycles. The van der Waals surface area contributed by atoms with Crippen molar-refractivity contribution in [2.24, 2.45) is 12.0 Å². The average Bonchev–Trinajstić information content (AvgIpc) is 2.84. The fraction of sp³-hybridized carbons (Fsp3) is 0.545. The number of carbonyl (C=O) groups is 1. The highest BCUT2D eigenvalue weighted by Crippen LogP contribution is 2.33. The maximum atomic E-state index is 12.0. The molecule has 0 bridgehead atoms. The normalized spacial score (nSPS) is 23.9. The minimum atomic E-state index is -0.0481. The molecule has 0 aliphatic carbocycles. The van der Waals surface area contributed by atoms with Gasteiger partial charge in [0.2, 0.25) is 5.91 Å². The van der Waals surface area contributed by atoms with Crippen LogP contribution in [0.4, 0.5) is 0 Å². The van der Waals surface area contributed by atoms with E-state index in [1.54, 1.807) is 21.3 Å². The number of carbonyl (C=O) groups excluding carboxylic acids is 1. The fourth-order valence-electron chi connectivity index (χ4n) is 2.32. The molecule has 1 fully saturated rings. The van der Waals surface area contributed by atoms with E-state index in [2.05, 4.69) is 10.1 Å². The molecule has 2 aliphatic heterocycles. The Hall–Kier alpha value is -1.30. The number of hydrogen-bond donors (Lipinski definition) is 0. The number of nitrogens with zero attached hydrogens (tertiary/aromatic N) is 4. The number of aromatic nitrogens is 2. The van der Waals surface area contributed by atoms with E-state index in [1.807, 2.05) is 20.2 Å². The zero-order valence-corrected chi connectivity index (χ0v) is 10.7. The van der Waals surface area contributed by atoms with Gasteiger partial charge in [-0.3, -0.25) is 19.4 Å². The minimum absolute atomic E-state index is 0.0481. The number of rotatable bonds is 1. The summed E-state index contributed by atoms with van der Waals surface area (Å²) in [6, 6.07) is -0.0481. The second-order valence-electron chi connectivity index (χ2n) is 4.37. The van der Waals surface area contributed by atoms with Crippen LogP contribution in [-0.2, 0) is 11.8 Å². The summed E-state index contributed by atoms with van der Waals surface area (Å²) in [5, 5.41) is 5.20. The SMILES string of the molecule is Cc1nn(C)cc1[C@H]1CC(=O)N2CCSC2=N1. The second-order valence-corrected chi connectivity index (χ2v) is 5.43. The number of aliphatic imine (C=N–C) groups is 1. The van der Waals surface area contributed by atoms with Gasteiger partial charge in [0.15, 0.2) is 5.17 Å². The van der Waals surface area contributed by atoms with Gasteiger partial charge in [0.05, 0.1) is 18.2 Å². The van der Waals surface area contributed by atoms with Gasteiger partial charge in [-0.05, 0) is 6.92 Å². The molecular formula is C11H14N4OS. The zero-order valence-electron chi connectivity index (χ0n) is 9.88. The number of aryl methyl sites for hydroxylation is 2. The van der Waals surface area contributed by atoms with Crippen LogP contribution in [0.1, 0.15) is 23.7 Å². The second kappa shape index (κ2) is 3.87. The van der Waals surface area contributed by atoms with Crippen LogP contribution in [0.2, 0.25) is 0 Å². The van der Waals surface area contributed by atoms with Crippen LogP contribution >= 0.6 is 11.8 Å². The molecule has 0 N–H and O–H groups in total. The Labute approximate surface area is 104 Å². The van der Waals surface area contributed by atoms with Crippen LogP contribution in [0.3, 0.4) is 0 Å². The van der Waals surface area contributed by atoms with Crippen molar-refractivity contribution < 1.29 is 4.79 Å². The first-order valence-electron chi connectivity index (χ1n) is 5.66. The number of amidine groups is 1. The maximum absolute atomic E-state index is 12.0. The average molecular weight is 250 g/mol. The summed E-state index contributed by atoms with van der Waals surface area (Å²) >= 11 is 1.67. The van der Waals surface area contributed by atoms with Gasteiger partial charge in [0.1, 0.15) is 0 Å². The third-order valence-corrected chi connectivity index (χ3v) is 4.09. The molecular weight excluding hydrogens is 236 g/mol. The molecule has 0 aromatic carbocycles. The third kappa shape index (κ3) is 1.76. The lowest BCUT2D eigenvalue weighted by molar-refractivity contribution is -0.127. The molecule has 1 amide bonds. The van der Waals surface area contributed by atoms with Crippen LogP contribution in [0.15, 0.2) is 11.2 Å². The first kappa shape index (κ1) is 10.8. The predicted octanol–water partition coefficient (Wildman–Crippen LogP) is 1.10. The van der Waals surface area contributed by atoms with Crippen LogP contribution < -0.4 is 0 Å². The molecule has 1 aromatic rings. The van der Waals surface area contributed by atoms with E-state index in [4.69, 9.17) is 0 Å². The standard InChI is InChI=1S/C11H14N4OS/c1-7-8(6-14(2)13-7)9-5-10(16)15-3-4-17-11(15)12-9/h6,9H,3-5H2,1-2H3/t9-/m1/s1. The summed E-state index contributed by atoms with van der Waals surface area (Å²) in [4.78, 5) is 18.5. The van der Waals surface area contributed by atoms with Gasteiger partial charge in [0, 0.05) is 31.1 Å². The highest BCUT2D eigenvalue weighted by Gasteiger charge is 2.34. The maximum Gasteiger partial charge on any atom is 0.231 e. The highest BCUT2D eigenvalue weighted by molar-refractivity contribution is 8.14. The Bertz CT molecular complexity index is 508. The van der Waals surface area contributed by atoms with Crippen molar-refractivity contribution in [3.05, 3.63) is 17.5 Å². The van der Waals surface area contributed by atoms with Gasteiger partial charge in [-0.2, -0.15) is 5.10 Å². The number of hydrogen-bond acceptors (Lipinski definition) is 4. The Kier molecular flexibility index (Phi) is 2.47. The number of fused-ring (bicyclic) bond motifs is 1. The van der Waals surface area contributed by atoms with E-state index < -0.39 is 0 Å². The van der Waals surface area contributed by atoms with Crippen molar-refractivity contribution in [1.29, 1.82) is 0 Å². The van der Waals surface area contributed by atoms with Crippen molar-refractivity contribution in [2.75, 3.05) is 12.3 Å². The van der Waals surface area contributed by atoms with E-state index >= 15 is 0 Å². The molecule has 0 saturated carbocycles. The minimum Gasteiger partial charge on any atom is -0.291 e. The molecule has 90 valence electrons. The van der Waals surface area contributed by atoms with Crippen molar-refractivity contribution in [1.82, 2.24) is 14.7 Å². The van der Waals surface area contributed by atoms with Crippen LogP contribution in [-0.4, -0.2) is 38.1 Å². The number of amides is 1. The molecule has 17 heavy (non-hydrogen) atoms. The lowest BCUT2D eigenvalue weighted by Crippen LogP contribution is -2.36. The predicted molar refractivity (Wildman–Crippen MR) is 66.9 cm³/mol. The molecule has 1 aromatic heterocycles. The van der Waals surface area contributed by atoms with Crippen LogP contribution in [0, 0.1) is 6.92 Å². The third-order valence-electron chi connectivity index (χ3n) is 3.12. The first-order valence-corrected chi connectivity index (χ1v) is 6.65. The van der Waals surface area contributed by atoms with E-state index in [-0.39, 0.29) is 11.9 Å². The Morgan fingerprint density at radius 1 is 1.53 bits per heavy atom. The zero-order chi connectivity index (χ0) is 12.0.